The lowest BCUT2D eigenvalue weighted by atomic mass is 9.90. The van der Waals surface area contributed by atoms with Gasteiger partial charge in [0.05, 0.1) is 29.7 Å². The molecule has 7 nitrogen and oxygen atoms in total. The first-order chi connectivity index (χ1) is 20.4. The quantitative estimate of drug-likeness (QED) is 0.221. The Balaban J connectivity index is 1.49. The summed E-state index contributed by atoms with van der Waals surface area (Å²) in [4.78, 5) is 33.1. The maximum atomic E-state index is 14.3. The summed E-state index contributed by atoms with van der Waals surface area (Å²) >= 11 is 6.09. The van der Waals surface area contributed by atoms with E-state index in [0.717, 1.165) is 64.5 Å². The van der Waals surface area contributed by atoms with Crippen LogP contribution in [0.5, 0.6) is 5.75 Å². The highest BCUT2D eigenvalue weighted by Crippen LogP contribution is 2.39. The molecular weight excluding hydrogens is 548 g/mol. The first-order valence-electron chi connectivity index (χ1n) is 14.3. The highest BCUT2D eigenvalue weighted by molar-refractivity contribution is 6.30. The van der Waals surface area contributed by atoms with Gasteiger partial charge in [-0.25, -0.2) is 0 Å². The Morgan fingerprint density at radius 2 is 1.81 bits per heavy atom. The predicted octanol–water partition coefficient (Wildman–Crippen LogP) is 6.80. The SMILES string of the molecule is COc1ccc2c(c1)c(C(CCN)C(=O)Nc1c3c(nc4ccccc14)CCCC3)c(C)n2C(=O)c1ccc(Cl)cc1. The standard InChI is InChI=1S/C34H33ClN4O3/c1-20-31(27-19-23(42-2)15-16-30(27)39(20)34(41)21-11-13-22(35)14-12-21)26(17-18-36)33(40)38-32-24-7-3-5-9-28(24)37-29-10-6-4-8-25(29)32/h3,5,7,9,11-16,19,26H,4,6,8,10,17-18,36H2,1-2H3,(H,37,38,40). The summed E-state index contributed by atoms with van der Waals surface area (Å²) in [6, 6.07) is 20.3. The number of methoxy groups -OCH3 is 1. The van der Waals surface area contributed by atoms with E-state index in [4.69, 9.17) is 27.1 Å². The normalized spacial score (nSPS) is 13.6. The Morgan fingerprint density at radius 3 is 2.57 bits per heavy atom. The van der Waals surface area contributed by atoms with Gasteiger partial charge in [-0.1, -0.05) is 29.8 Å². The molecule has 0 aliphatic heterocycles. The Kier molecular flexibility index (Phi) is 7.71. The highest BCUT2D eigenvalue weighted by Gasteiger charge is 2.31. The molecule has 6 rings (SSSR count). The van der Waals surface area contributed by atoms with Crippen LogP contribution in [0, 0.1) is 6.92 Å². The number of aryl methyl sites for hydroxylation is 1. The molecule has 2 heterocycles. The van der Waals surface area contributed by atoms with Crippen molar-refractivity contribution < 1.29 is 14.3 Å². The average molecular weight is 581 g/mol. The molecule has 214 valence electrons. The van der Waals surface area contributed by atoms with Crippen LogP contribution in [0.4, 0.5) is 5.69 Å². The summed E-state index contributed by atoms with van der Waals surface area (Å²) in [6.45, 7) is 2.19. The maximum absolute atomic E-state index is 14.3. The van der Waals surface area contributed by atoms with Gasteiger partial charge in [-0.3, -0.25) is 19.1 Å². The number of nitrogens with one attached hydrogen (secondary N) is 1. The third kappa shape index (κ3) is 4.93. The summed E-state index contributed by atoms with van der Waals surface area (Å²) in [7, 11) is 1.60. The number of carbonyl (C=O) groups excluding carboxylic acids is 2. The molecule has 1 atom stereocenters. The number of nitrogens with zero attached hydrogens (tertiary/aromatic N) is 2. The molecule has 0 bridgehead atoms. The number of pyridine rings is 1. The lowest BCUT2D eigenvalue weighted by Gasteiger charge is -2.23. The van der Waals surface area contributed by atoms with Crippen molar-refractivity contribution in [2.24, 2.45) is 5.73 Å². The monoisotopic (exact) mass is 580 g/mol. The number of carbonyl (C=O) groups is 2. The van der Waals surface area contributed by atoms with Crippen LogP contribution >= 0.6 is 11.6 Å². The first kappa shape index (κ1) is 27.9. The first-order valence-corrected chi connectivity index (χ1v) is 14.7. The van der Waals surface area contributed by atoms with Crippen molar-refractivity contribution in [1.29, 1.82) is 0 Å². The van der Waals surface area contributed by atoms with E-state index in [-0.39, 0.29) is 11.8 Å². The molecule has 0 fully saturated rings. The van der Waals surface area contributed by atoms with E-state index in [1.807, 2.05) is 49.4 Å². The summed E-state index contributed by atoms with van der Waals surface area (Å²) in [5, 5.41) is 5.58. The van der Waals surface area contributed by atoms with Crippen LogP contribution in [-0.2, 0) is 17.6 Å². The molecule has 2 aromatic heterocycles. The number of nitrogens with two attached hydrogens (primary N) is 1. The maximum Gasteiger partial charge on any atom is 0.262 e. The molecule has 1 aliphatic carbocycles. The zero-order chi connectivity index (χ0) is 29.4. The van der Waals surface area contributed by atoms with Gasteiger partial charge in [0.1, 0.15) is 5.75 Å². The minimum absolute atomic E-state index is 0.159. The number of amides is 1. The lowest BCUT2D eigenvalue weighted by Crippen LogP contribution is -2.26. The zero-order valence-corrected chi connectivity index (χ0v) is 24.5. The average Bonchev–Trinajstić information content (AvgIpc) is 3.30. The molecule has 0 saturated carbocycles. The second-order valence-electron chi connectivity index (χ2n) is 10.8. The van der Waals surface area contributed by atoms with Crippen molar-refractivity contribution in [3.63, 3.8) is 0 Å². The van der Waals surface area contributed by atoms with E-state index < -0.39 is 5.92 Å². The molecule has 3 aromatic carbocycles. The van der Waals surface area contributed by atoms with Crippen LogP contribution in [0.2, 0.25) is 5.02 Å². The highest BCUT2D eigenvalue weighted by atomic mass is 35.5. The molecule has 3 N–H and O–H groups in total. The third-order valence-electron chi connectivity index (χ3n) is 8.29. The van der Waals surface area contributed by atoms with Gasteiger partial charge in [-0.05, 0) is 105 Å². The number of para-hydroxylation sites is 1. The number of hydrogen-bond acceptors (Lipinski definition) is 5. The number of anilines is 1. The molecule has 8 heteroatoms. The van der Waals surface area contributed by atoms with Gasteiger partial charge in [0, 0.05) is 32.7 Å². The summed E-state index contributed by atoms with van der Waals surface area (Å²) in [5.74, 6) is -0.323. The van der Waals surface area contributed by atoms with E-state index in [1.54, 1.807) is 35.9 Å². The van der Waals surface area contributed by atoms with E-state index in [2.05, 4.69) is 5.32 Å². The van der Waals surface area contributed by atoms with E-state index in [9.17, 15) is 9.59 Å². The fourth-order valence-corrected chi connectivity index (χ4v) is 6.40. The van der Waals surface area contributed by atoms with Crippen molar-refractivity contribution in [2.45, 2.75) is 44.9 Å². The minimum atomic E-state index is -0.602. The van der Waals surface area contributed by atoms with Gasteiger partial charge >= 0.3 is 0 Å². The predicted molar refractivity (Wildman–Crippen MR) is 168 cm³/mol. The van der Waals surface area contributed by atoms with Gasteiger partial charge in [0.25, 0.3) is 5.91 Å². The second-order valence-corrected chi connectivity index (χ2v) is 11.2. The topological polar surface area (TPSA) is 99.2 Å². The Bertz CT molecular complexity index is 1830. The zero-order valence-electron chi connectivity index (χ0n) is 23.7. The van der Waals surface area contributed by atoms with Crippen molar-refractivity contribution in [3.05, 3.63) is 99.8 Å². The number of benzene rings is 3. The van der Waals surface area contributed by atoms with Crippen LogP contribution in [0.1, 0.15) is 58.1 Å². The van der Waals surface area contributed by atoms with Crippen LogP contribution in [0.3, 0.4) is 0 Å². The minimum Gasteiger partial charge on any atom is -0.497 e. The van der Waals surface area contributed by atoms with Crippen LogP contribution in [0.15, 0.2) is 66.7 Å². The third-order valence-corrected chi connectivity index (χ3v) is 8.54. The fourth-order valence-electron chi connectivity index (χ4n) is 6.27. The molecule has 42 heavy (non-hydrogen) atoms. The molecule has 1 amide bonds. The number of hydrogen-bond donors (Lipinski definition) is 2. The van der Waals surface area contributed by atoms with Gasteiger partial charge in [0.15, 0.2) is 0 Å². The van der Waals surface area contributed by atoms with Crippen LogP contribution < -0.4 is 15.8 Å². The summed E-state index contributed by atoms with van der Waals surface area (Å²) in [6.07, 6.45) is 4.32. The van der Waals surface area contributed by atoms with E-state index in [0.29, 0.717) is 40.5 Å². The van der Waals surface area contributed by atoms with Crippen LogP contribution in [0.25, 0.3) is 21.8 Å². The molecular formula is C34H33ClN4O3. The molecule has 1 unspecified atom stereocenters. The van der Waals surface area contributed by atoms with Gasteiger partial charge < -0.3 is 15.8 Å². The Morgan fingerprint density at radius 1 is 1.05 bits per heavy atom. The van der Waals surface area contributed by atoms with Gasteiger partial charge in [-0.15, -0.1) is 0 Å². The number of rotatable bonds is 7. The Labute approximate surface area is 249 Å². The number of fused-ring (bicyclic) bond motifs is 3. The second kappa shape index (κ2) is 11.6. The molecule has 5 aromatic rings. The van der Waals surface area contributed by atoms with Crippen molar-refractivity contribution >= 4 is 50.9 Å². The Hall–Kier alpha value is -4.20. The fraction of sp³-hybridized carbons (Fsp3) is 0.265. The summed E-state index contributed by atoms with van der Waals surface area (Å²) in [5.41, 5.74) is 12.6. The molecule has 1 aliphatic rings. The smallest absolute Gasteiger partial charge is 0.262 e. The lowest BCUT2D eigenvalue weighted by molar-refractivity contribution is -0.117. The summed E-state index contributed by atoms with van der Waals surface area (Å²) < 4.78 is 7.22. The van der Waals surface area contributed by atoms with E-state index in [1.165, 1.54) is 0 Å². The van der Waals surface area contributed by atoms with E-state index >= 15 is 0 Å². The van der Waals surface area contributed by atoms with Crippen molar-refractivity contribution in [2.75, 3.05) is 19.0 Å². The molecule has 0 saturated heterocycles. The largest absolute Gasteiger partial charge is 0.497 e. The van der Waals surface area contributed by atoms with Crippen molar-refractivity contribution in [3.8, 4) is 5.75 Å². The number of aromatic nitrogens is 2. The van der Waals surface area contributed by atoms with Gasteiger partial charge in [0.2, 0.25) is 5.91 Å². The van der Waals surface area contributed by atoms with Crippen molar-refractivity contribution in [1.82, 2.24) is 9.55 Å². The number of halogens is 1. The number of ether oxygens (including phenoxy) is 1. The molecule has 0 radical (unpaired) electrons. The van der Waals surface area contributed by atoms with Gasteiger partial charge in [-0.2, -0.15) is 0 Å². The molecule has 0 spiro atoms. The van der Waals surface area contributed by atoms with Crippen LogP contribution in [-0.4, -0.2) is 35.0 Å².